The zero-order valence-corrected chi connectivity index (χ0v) is 13.7. The van der Waals surface area contributed by atoms with Crippen LogP contribution in [0.1, 0.15) is 48.9 Å². The van der Waals surface area contributed by atoms with Gasteiger partial charge in [-0.05, 0) is 31.0 Å². The number of rotatable bonds is 5. The van der Waals surface area contributed by atoms with Crippen molar-refractivity contribution < 1.29 is 9.18 Å². The van der Waals surface area contributed by atoms with Gasteiger partial charge in [-0.25, -0.2) is 4.39 Å². The van der Waals surface area contributed by atoms with Gasteiger partial charge in [-0.2, -0.15) is 0 Å². The minimum absolute atomic E-state index is 0.0904. The molecule has 1 aliphatic rings. The maximum atomic E-state index is 13.6. The highest BCUT2D eigenvalue weighted by Crippen LogP contribution is 2.17. The maximum absolute atomic E-state index is 13.6. The molecule has 0 heterocycles. The Hall–Kier alpha value is -0.940. The van der Waals surface area contributed by atoms with E-state index in [4.69, 9.17) is 0 Å². The lowest BCUT2D eigenvalue weighted by molar-refractivity contribution is 0.0949. The third-order valence-electron chi connectivity index (χ3n) is 3.87. The van der Waals surface area contributed by atoms with Crippen LogP contribution < -0.4 is 10.6 Å². The van der Waals surface area contributed by atoms with Gasteiger partial charge in [0.05, 0.1) is 5.56 Å². The second-order valence-electron chi connectivity index (χ2n) is 5.52. The molecule has 0 bridgehead atoms. The molecular formula is C16H22BrFN2O. The zero-order chi connectivity index (χ0) is 15.1. The van der Waals surface area contributed by atoms with Crippen LogP contribution in [0.2, 0.25) is 0 Å². The van der Waals surface area contributed by atoms with Crippen molar-refractivity contribution in [3.8, 4) is 0 Å². The molecule has 0 atom stereocenters. The topological polar surface area (TPSA) is 41.1 Å². The molecule has 1 amide bonds. The summed E-state index contributed by atoms with van der Waals surface area (Å²) in [6.07, 6.45) is 7.67. The Morgan fingerprint density at radius 1 is 1.19 bits per heavy atom. The number of halogens is 2. The Labute approximate surface area is 133 Å². The molecule has 0 spiro atoms. The molecule has 0 radical (unpaired) electrons. The molecule has 0 saturated heterocycles. The maximum Gasteiger partial charge on any atom is 0.254 e. The van der Waals surface area contributed by atoms with E-state index in [1.807, 2.05) is 0 Å². The molecule has 1 aliphatic carbocycles. The molecular weight excluding hydrogens is 335 g/mol. The first-order valence-electron chi connectivity index (χ1n) is 7.63. The van der Waals surface area contributed by atoms with Gasteiger partial charge in [0.25, 0.3) is 5.91 Å². The first kappa shape index (κ1) is 16.4. The highest BCUT2D eigenvalue weighted by atomic mass is 79.9. The van der Waals surface area contributed by atoms with Crippen LogP contribution in [0.4, 0.5) is 4.39 Å². The Balaban J connectivity index is 1.71. The summed E-state index contributed by atoms with van der Waals surface area (Å²) in [5.74, 6) is -0.860. The lowest BCUT2D eigenvalue weighted by atomic mass is 10.1. The first-order valence-corrected chi connectivity index (χ1v) is 8.43. The molecule has 0 unspecified atom stereocenters. The molecule has 5 heteroatoms. The Morgan fingerprint density at radius 3 is 2.57 bits per heavy atom. The molecule has 116 valence electrons. The Kier molecular flexibility index (Phi) is 6.64. The van der Waals surface area contributed by atoms with E-state index in [1.165, 1.54) is 50.7 Å². The van der Waals surface area contributed by atoms with Crippen LogP contribution in [0, 0.1) is 5.82 Å². The molecule has 1 aromatic carbocycles. The summed E-state index contributed by atoms with van der Waals surface area (Å²) in [6.45, 7) is 1.25. The van der Waals surface area contributed by atoms with Gasteiger partial charge in [0.2, 0.25) is 0 Å². The molecule has 3 nitrogen and oxygen atoms in total. The van der Waals surface area contributed by atoms with E-state index in [9.17, 15) is 9.18 Å². The van der Waals surface area contributed by atoms with E-state index in [0.29, 0.717) is 17.1 Å². The average molecular weight is 357 g/mol. The molecule has 2 N–H and O–H groups in total. The summed E-state index contributed by atoms with van der Waals surface area (Å²) in [6, 6.07) is 5.03. The summed E-state index contributed by atoms with van der Waals surface area (Å²) in [7, 11) is 0. The minimum Gasteiger partial charge on any atom is -0.351 e. The van der Waals surface area contributed by atoms with Crippen molar-refractivity contribution in [2.75, 3.05) is 13.1 Å². The third kappa shape index (κ3) is 5.40. The van der Waals surface area contributed by atoms with E-state index in [1.54, 1.807) is 6.07 Å². The van der Waals surface area contributed by atoms with Gasteiger partial charge in [0, 0.05) is 23.6 Å². The van der Waals surface area contributed by atoms with Crippen molar-refractivity contribution in [2.45, 2.75) is 44.6 Å². The number of amides is 1. The first-order chi connectivity index (χ1) is 10.2. The predicted octanol–water partition coefficient (Wildman–Crippen LogP) is 3.63. The van der Waals surface area contributed by atoms with Crippen molar-refractivity contribution in [1.82, 2.24) is 10.6 Å². The van der Waals surface area contributed by atoms with Crippen LogP contribution in [-0.4, -0.2) is 25.0 Å². The van der Waals surface area contributed by atoms with E-state index in [0.717, 1.165) is 6.54 Å². The lowest BCUT2D eigenvalue weighted by Gasteiger charge is -2.16. The van der Waals surface area contributed by atoms with Crippen molar-refractivity contribution in [3.05, 3.63) is 34.1 Å². The highest BCUT2D eigenvalue weighted by molar-refractivity contribution is 9.10. The van der Waals surface area contributed by atoms with Gasteiger partial charge >= 0.3 is 0 Å². The average Bonchev–Trinajstić information content (AvgIpc) is 2.72. The normalized spacial score (nSPS) is 16.5. The summed E-state index contributed by atoms with van der Waals surface area (Å²) in [5.41, 5.74) is 0.0904. The standard InChI is InChI=1S/C16H22BrFN2O/c17-12-7-8-14(15(18)11-12)16(21)20-10-9-19-13-5-3-1-2-4-6-13/h7-8,11,13,19H,1-6,9-10H2,(H,20,21). The van der Waals surface area contributed by atoms with E-state index in [-0.39, 0.29) is 11.5 Å². The number of carbonyl (C=O) groups excluding carboxylic acids is 1. The smallest absolute Gasteiger partial charge is 0.254 e. The zero-order valence-electron chi connectivity index (χ0n) is 12.1. The number of hydrogen-bond donors (Lipinski definition) is 2. The quantitative estimate of drug-likeness (QED) is 0.624. The largest absolute Gasteiger partial charge is 0.351 e. The van der Waals surface area contributed by atoms with Crippen LogP contribution >= 0.6 is 15.9 Å². The fourth-order valence-corrected chi connectivity index (χ4v) is 3.04. The fourth-order valence-electron chi connectivity index (χ4n) is 2.70. The van der Waals surface area contributed by atoms with Crippen molar-refractivity contribution >= 4 is 21.8 Å². The summed E-state index contributed by atoms with van der Waals surface area (Å²) < 4.78 is 14.3. The van der Waals surface area contributed by atoms with E-state index < -0.39 is 5.82 Å². The van der Waals surface area contributed by atoms with Gasteiger partial charge in [-0.15, -0.1) is 0 Å². The Bertz CT molecular complexity index is 473. The molecule has 2 rings (SSSR count). The molecule has 1 saturated carbocycles. The fraction of sp³-hybridized carbons (Fsp3) is 0.562. The summed E-state index contributed by atoms with van der Waals surface area (Å²) >= 11 is 3.18. The van der Waals surface area contributed by atoms with Crippen molar-refractivity contribution in [3.63, 3.8) is 0 Å². The highest BCUT2D eigenvalue weighted by Gasteiger charge is 2.13. The van der Waals surface area contributed by atoms with E-state index in [2.05, 4.69) is 26.6 Å². The van der Waals surface area contributed by atoms with Gasteiger partial charge in [-0.3, -0.25) is 4.79 Å². The minimum atomic E-state index is -0.501. The number of benzene rings is 1. The lowest BCUT2D eigenvalue weighted by Crippen LogP contribution is -2.37. The van der Waals surface area contributed by atoms with Gasteiger partial charge in [0.15, 0.2) is 0 Å². The number of nitrogens with one attached hydrogen (secondary N) is 2. The summed E-state index contributed by atoms with van der Waals surface area (Å²) in [4.78, 5) is 11.9. The van der Waals surface area contributed by atoms with Crippen LogP contribution in [0.5, 0.6) is 0 Å². The molecule has 0 aromatic heterocycles. The summed E-state index contributed by atoms with van der Waals surface area (Å²) in [5, 5.41) is 6.23. The van der Waals surface area contributed by atoms with Crippen LogP contribution in [0.15, 0.2) is 22.7 Å². The second-order valence-corrected chi connectivity index (χ2v) is 6.44. The van der Waals surface area contributed by atoms with Crippen LogP contribution in [-0.2, 0) is 0 Å². The molecule has 1 aromatic rings. The van der Waals surface area contributed by atoms with E-state index >= 15 is 0 Å². The van der Waals surface area contributed by atoms with Gasteiger partial charge < -0.3 is 10.6 Å². The SMILES string of the molecule is O=C(NCCNC1CCCCCC1)c1ccc(Br)cc1F. The predicted molar refractivity (Wildman–Crippen MR) is 85.9 cm³/mol. The number of carbonyl (C=O) groups is 1. The van der Waals surface area contributed by atoms with Crippen LogP contribution in [0.3, 0.4) is 0 Å². The van der Waals surface area contributed by atoms with Crippen molar-refractivity contribution in [1.29, 1.82) is 0 Å². The molecule has 21 heavy (non-hydrogen) atoms. The number of hydrogen-bond acceptors (Lipinski definition) is 2. The molecule has 1 fully saturated rings. The third-order valence-corrected chi connectivity index (χ3v) is 4.37. The Morgan fingerprint density at radius 2 is 1.90 bits per heavy atom. The molecule has 0 aliphatic heterocycles. The van der Waals surface area contributed by atoms with Crippen molar-refractivity contribution in [2.24, 2.45) is 0 Å². The van der Waals surface area contributed by atoms with Gasteiger partial charge in [0.1, 0.15) is 5.82 Å². The monoisotopic (exact) mass is 356 g/mol. The van der Waals surface area contributed by atoms with Crippen LogP contribution in [0.25, 0.3) is 0 Å². The van der Waals surface area contributed by atoms with Gasteiger partial charge in [-0.1, -0.05) is 41.6 Å². The second kappa shape index (κ2) is 8.49.